The molecule has 0 bridgehead atoms. The Bertz CT molecular complexity index is 581. The molecule has 130 valence electrons. The van der Waals surface area contributed by atoms with Gasteiger partial charge in [-0.3, -0.25) is 19.4 Å². The molecule has 1 aliphatic heterocycles. The third-order valence-electron chi connectivity index (χ3n) is 4.27. The second-order valence-electron chi connectivity index (χ2n) is 6.45. The summed E-state index contributed by atoms with van der Waals surface area (Å²) >= 11 is 3.38. The molecule has 3 rings (SSSR count). The van der Waals surface area contributed by atoms with Gasteiger partial charge in [-0.25, -0.2) is 0 Å². The van der Waals surface area contributed by atoms with Crippen molar-refractivity contribution in [2.75, 3.05) is 44.6 Å². The van der Waals surface area contributed by atoms with Crippen LogP contribution in [0.25, 0.3) is 0 Å². The summed E-state index contributed by atoms with van der Waals surface area (Å²) in [6.07, 6.45) is 2.24. The predicted octanol–water partition coefficient (Wildman–Crippen LogP) is 1.28. The third-order valence-corrected chi connectivity index (χ3v) is 4.80. The Labute approximate surface area is 150 Å². The molecule has 1 aliphatic carbocycles. The summed E-state index contributed by atoms with van der Waals surface area (Å²) in [7, 11) is 0. The molecule has 2 N–H and O–H groups in total. The number of rotatable bonds is 6. The Morgan fingerprint density at radius 3 is 2.04 bits per heavy atom. The maximum atomic E-state index is 12.1. The average molecular weight is 395 g/mol. The Hall–Kier alpha value is -1.44. The van der Waals surface area contributed by atoms with E-state index in [0.717, 1.165) is 49.2 Å². The van der Waals surface area contributed by atoms with Gasteiger partial charge in [-0.2, -0.15) is 0 Å². The number of carbonyl (C=O) groups excluding carboxylic acids is 2. The normalized spacial score (nSPS) is 19.0. The minimum Gasteiger partial charge on any atom is -0.352 e. The lowest BCUT2D eigenvalue weighted by atomic mass is 10.3. The number of benzene rings is 1. The number of nitrogens with one attached hydrogen (secondary N) is 2. The molecule has 7 heteroatoms. The zero-order valence-corrected chi connectivity index (χ0v) is 15.2. The second kappa shape index (κ2) is 8.09. The van der Waals surface area contributed by atoms with Gasteiger partial charge in [0.1, 0.15) is 0 Å². The van der Waals surface area contributed by atoms with Crippen molar-refractivity contribution in [1.82, 2.24) is 15.1 Å². The van der Waals surface area contributed by atoms with Crippen molar-refractivity contribution in [3.8, 4) is 0 Å². The molecule has 0 atom stereocenters. The van der Waals surface area contributed by atoms with Crippen molar-refractivity contribution in [3.05, 3.63) is 28.7 Å². The van der Waals surface area contributed by atoms with Crippen LogP contribution in [-0.4, -0.2) is 66.9 Å². The lowest BCUT2D eigenvalue weighted by Gasteiger charge is -2.33. The van der Waals surface area contributed by atoms with Crippen LogP contribution in [-0.2, 0) is 9.59 Å². The maximum absolute atomic E-state index is 12.1. The Kier molecular flexibility index (Phi) is 5.86. The third kappa shape index (κ3) is 5.58. The molecule has 2 amide bonds. The zero-order valence-electron chi connectivity index (χ0n) is 13.6. The number of anilines is 1. The van der Waals surface area contributed by atoms with Gasteiger partial charge in [0.05, 0.1) is 13.1 Å². The van der Waals surface area contributed by atoms with E-state index in [2.05, 4.69) is 36.4 Å². The van der Waals surface area contributed by atoms with Gasteiger partial charge in [-0.15, -0.1) is 0 Å². The molecule has 0 aromatic heterocycles. The van der Waals surface area contributed by atoms with E-state index in [-0.39, 0.29) is 11.8 Å². The second-order valence-corrected chi connectivity index (χ2v) is 7.36. The van der Waals surface area contributed by atoms with Gasteiger partial charge in [-0.1, -0.05) is 15.9 Å². The molecular weight excluding hydrogens is 372 g/mol. The van der Waals surface area contributed by atoms with Crippen molar-refractivity contribution >= 4 is 33.4 Å². The fourth-order valence-corrected chi connectivity index (χ4v) is 3.01. The van der Waals surface area contributed by atoms with Gasteiger partial charge in [0.15, 0.2) is 0 Å². The number of piperazine rings is 1. The number of carbonyl (C=O) groups is 2. The van der Waals surface area contributed by atoms with Gasteiger partial charge in [0, 0.05) is 42.4 Å². The number of hydrogen-bond donors (Lipinski definition) is 2. The van der Waals surface area contributed by atoms with E-state index in [1.54, 1.807) is 0 Å². The summed E-state index contributed by atoms with van der Waals surface area (Å²) in [5.41, 5.74) is 0.804. The van der Waals surface area contributed by atoms with Crippen LogP contribution in [0.1, 0.15) is 12.8 Å². The van der Waals surface area contributed by atoms with Crippen molar-refractivity contribution in [3.63, 3.8) is 0 Å². The molecule has 1 saturated carbocycles. The SMILES string of the molecule is O=C(CN1CCN(CC(=O)NC2CC2)CC1)Nc1ccc(Br)cc1. The maximum Gasteiger partial charge on any atom is 0.238 e. The molecule has 1 saturated heterocycles. The smallest absolute Gasteiger partial charge is 0.238 e. The highest BCUT2D eigenvalue weighted by atomic mass is 79.9. The summed E-state index contributed by atoms with van der Waals surface area (Å²) < 4.78 is 0.988. The van der Waals surface area contributed by atoms with Crippen molar-refractivity contribution in [1.29, 1.82) is 0 Å². The molecule has 2 fully saturated rings. The van der Waals surface area contributed by atoms with Crippen LogP contribution in [0.3, 0.4) is 0 Å². The highest BCUT2D eigenvalue weighted by Crippen LogP contribution is 2.18. The lowest BCUT2D eigenvalue weighted by Crippen LogP contribution is -2.51. The Morgan fingerprint density at radius 1 is 0.958 bits per heavy atom. The van der Waals surface area contributed by atoms with E-state index in [1.807, 2.05) is 24.3 Å². The molecule has 2 aliphatic rings. The minimum absolute atomic E-state index is 0.00255. The van der Waals surface area contributed by atoms with Crippen molar-refractivity contribution < 1.29 is 9.59 Å². The molecule has 0 unspecified atom stereocenters. The lowest BCUT2D eigenvalue weighted by molar-refractivity contribution is -0.123. The van der Waals surface area contributed by atoms with Crippen LogP contribution >= 0.6 is 15.9 Å². The first kappa shape index (κ1) is 17.4. The van der Waals surface area contributed by atoms with Gasteiger partial charge in [0.2, 0.25) is 11.8 Å². The summed E-state index contributed by atoms with van der Waals surface area (Å²) in [6, 6.07) is 7.97. The molecular formula is C17H23BrN4O2. The molecule has 0 spiro atoms. The van der Waals surface area contributed by atoms with E-state index in [4.69, 9.17) is 0 Å². The first-order valence-electron chi connectivity index (χ1n) is 8.38. The largest absolute Gasteiger partial charge is 0.352 e. The van der Waals surface area contributed by atoms with E-state index in [9.17, 15) is 9.59 Å². The van der Waals surface area contributed by atoms with Crippen LogP contribution in [0.15, 0.2) is 28.7 Å². The molecule has 1 aromatic carbocycles. The fraction of sp³-hybridized carbons (Fsp3) is 0.529. The molecule has 0 radical (unpaired) electrons. The number of amides is 2. The Morgan fingerprint density at radius 2 is 1.50 bits per heavy atom. The van der Waals surface area contributed by atoms with Gasteiger partial charge in [-0.05, 0) is 37.1 Å². The van der Waals surface area contributed by atoms with E-state index < -0.39 is 0 Å². The summed E-state index contributed by atoms with van der Waals surface area (Å²) in [5.74, 6) is 0.121. The van der Waals surface area contributed by atoms with Crippen LogP contribution in [0.5, 0.6) is 0 Å². The number of halogens is 1. The minimum atomic E-state index is -0.00255. The summed E-state index contributed by atoms with van der Waals surface area (Å²) in [5, 5.41) is 5.92. The first-order valence-corrected chi connectivity index (χ1v) is 9.17. The highest BCUT2D eigenvalue weighted by Gasteiger charge is 2.25. The quantitative estimate of drug-likeness (QED) is 0.762. The van der Waals surface area contributed by atoms with Gasteiger partial charge >= 0.3 is 0 Å². The molecule has 6 nitrogen and oxygen atoms in total. The van der Waals surface area contributed by atoms with Crippen LogP contribution in [0, 0.1) is 0 Å². The molecule has 24 heavy (non-hydrogen) atoms. The standard InChI is InChI=1S/C17H23BrN4O2/c18-13-1-3-14(4-2-13)19-16(23)11-21-7-9-22(10-8-21)12-17(24)20-15-5-6-15/h1-4,15H,5-12H2,(H,19,23)(H,20,24). The Balaban J connectivity index is 1.36. The summed E-state index contributed by atoms with van der Waals surface area (Å²) in [6.45, 7) is 4.12. The molecule has 1 aromatic rings. The van der Waals surface area contributed by atoms with Gasteiger partial charge in [0.25, 0.3) is 0 Å². The van der Waals surface area contributed by atoms with Gasteiger partial charge < -0.3 is 10.6 Å². The van der Waals surface area contributed by atoms with Crippen molar-refractivity contribution in [2.45, 2.75) is 18.9 Å². The zero-order chi connectivity index (χ0) is 16.9. The number of hydrogen-bond acceptors (Lipinski definition) is 4. The summed E-state index contributed by atoms with van der Waals surface area (Å²) in [4.78, 5) is 28.2. The average Bonchev–Trinajstić information content (AvgIpc) is 3.35. The number of nitrogens with zero attached hydrogens (tertiary/aromatic N) is 2. The highest BCUT2D eigenvalue weighted by molar-refractivity contribution is 9.10. The molecule has 1 heterocycles. The van der Waals surface area contributed by atoms with E-state index >= 15 is 0 Å². The van der Waals surface area contributed by atoms with Crippen LogP contribution in [0.4, 0.5) is 5.69 Å². The monoisotopic (exact) mass is 394 g/mol. The topological polar surface area (TPSA) is 64.7 Å². The van der Waals surface area contributed by atoms with Crippen molar-refractivity contribution in [2.24, 2.45) is 0 Å². The van der Waals surface area contributed by atoms with E-state index in [0.29, 0.717) is 19.1 Å². The predicted molar refractivity (Wildman–Crippen MR) is 96.8 cm³/mol. The van der Waals surface area contributed by atoms with E-state index in [1.165, 1.54) is 0 Å². The first-order chi connectivity index (χ1) is 11.6. The fourth-order valence-electron chi connectivity index (χ4n) is 2.75. The van der Waals surface area contributed by atoms with Crippen LogP contribution in [0.2, 0.25) is 0 Å². The van der Waals surface area contributed by atoms with Crippen LogP contribution < -0.4 is 10.6 Å².